The second kappa shape index (κ2) is 5.56. The van der Waals surface area contributed by atoms with Gasteiger partial charge < -0.3 is 10.3 Å². The van der Waals surface area contributed by atoms with Gasteiger partial charge in [-0.25, -0.2) is 4.98 Å². The van der Waals surface area contributed by atoms with Crippen LogP contribution in [-0.2, 0) is 6.54 Å². The number of nitrogens with zero attached hydrogens (tertiary/aromatic N) is 3. The van der Waals surface area contributed by atoms with E-state index in [1.54, 1.807) is 18.6 Å². The minimum Gasteiger partial charge on any atom is -0.356 e. The zero-order valence-corrected chi connectivity index (χ0v) is 10.9. The van der Waals surface area contributed by atoms with Crippen molar-refractivity contribution in [3.05, 3.63) is 42.4 Å². The number of imidazole rings is 1. The molecule has 102 valence electrons. The van der Waals surface area contributed by atoms with Crippen LogP contribution in [0, 0.1) is 0 Å². The molecule has 0 fully saturated rings. The van der Waals surface area contributed by atoms with Crippen molar-refractivity contribution < 1.29 is 4.79 Å². The molecule has 0 aliphatic carbocycles. The van der Waals surface area contributed by atoms with E-state index >= 15 is 0 Å². The van der Waals surface area contributed by atoms with Crippen LogP contribution in [0.3, 0.4) is 0 Å². The summed E-state index contributed by atoms with van der Waals surface area (Å²) in [5, 5.41) is 8.55. The largest absolute Gasteiger partial charge is 0.356 e. The summed E-state index contributed by atoms with van der Waals surface area (Å²) < 4.78 is 1.95. The van der Waals surface area contributed by atoms with E-state index in [1.165, 1.54) is 0 Å². The van der Waals surface area contributed by atoms with Gasteiger partial charge in [-0.3, -0.25) is 9.48 Å². The van der Waals surface area contributed by atoms with Gasteiger partial charge in [-0.15, -0.1) is 0 Å². The molecule has 3 rings (SSSR count). The molecule has 1 aromatic carbocycles. The summed E-state index contributed by atoms with van der Waals surface area (Å²) in [5.74, 6) is 0.783. The van der Waals surface area contributed by atoms with Crippen LogP contribution in [0.25, 0.3) is 10.9 Å². The number of aromatic amines is 1. The number of aromatic nitrogens is 4. The molecule has 0 radical (unpaired) electrons. The maximum atomic E-state index is 10.7. The van der Waals surface area contributed by atoms with Gasteiger partial charge in [-0.05, 0) is 24.6 Å². The molecule has 2 heterocycles. The zero-order valence-electron chi connectivity index (χ0n) is 10.9. The Morgan fingerprint density at radius 1 is 1.40 bits per heavy atom. The number of aldehydes is 1. The van der Waals surface area contributed by atoms with E-state index < -0.39 is 0 Å². The molecule has 0 saturated carbocycles. The van der Waals surface area contributed by atoms with E-state index in [4.69, 9.17) is 0 Å². The molecule has 2 aromatic heterocycles. The van der Waals surface area contributed by atoms with Gasteiger partial charge in [0.1, 0.15) is 6.29 Å². The zero-order chi connectivity index (χ0) is 13.8. The van der Waals surface area contributed by atoms with Crippen LogP contribution in [0.5, 0.6) is 0 Å². The highest BCUT2D eigenvalue weighted by atomic mass is 16.1. The molecular weight excluding hydrogens is 254 g/mol. The minimum absolute atomic E-state index is 0.677. The lowest BCUT2D eigenvalue weighted by atomic mass is 10.2. The van der Waals surface area contributed by atoms with Crippen LogP contribution in [0.4, 0.5) is 5.95 Å². The maximum Gasteiger partial charge on any atom is 0.200 e. The van der Waals surface area contributed by atoms with Crippen molar-refractivity contribution in [3.63, 3.8) is 0 Å². The lowest BCUT2D eigenvalue weighted by Gasteiger charge is -2.05. The second-order valence-electron chi connectivity index (χ2n) is 4.52. The summed E-state index contributed by atoms with van der Waals surface area (Å²) in [7, 11) is 0. The van der Waals surface area contributed by atoms with Gasteiger partial charge in [0, 0.05) is 36.4 Å². The molecule has 3 aromatic rings. The normalized spacial score (nSPS) is 10.8. The Hall–Kier alpha value is -2.63. The Bertz CT molecular complexity index is 702. The van der Waals surface area contributed by atoms with Crippen LogP contribution >= 0.6 is 0 Å². The van der Waals surface area contributed by atoms with Gasteiger partial charge in [0.15, 0.2) is 5.95 Å². The number of benzene rings is 1. The number of hydrogen-bond donors (Lipinski definition) is 2. The smallest absolute Gasteiger partial charge is 0.200 e. The average Bonchev–Trinajstić information content (AvgIpc) is 3.12. The monoisotopic (exact) mass is 269 g/mol. The molecule has 0 amide bonds. The Kier molecular flexibility index (Phi) is 3.45. The second-order valence-corrected chi connectivity index (χ2v) is 4.52. The van der Waals surface area contributed by atoms with Gasteiger partial charge in [-0.1, -0.05) is 0 Å². The molecule has 0 unspecified atom stereocenters. The number of nitrogens with one attached hydrogen (secondary N) is 2. The molecule has 0 aliphatic rings. The van der Waals surface area contributed by atoms with Gasteiger partial charge in [0.25, 0.3) is 0 Å². The number of anilines is 1. The fourth-order valence-electron chi connectivity index (χ4n) is 2.15. The summed E-state index contributed by atoms with van der Waals surface area (Å²) in [5.41, 5.74) is 1.73. The molecule has 20 heavy (non-hydrogen) atoms. The van der Waals surface area contributed by atoms with Crippen molar-refractivity contribution in [1.29, 1.82) is 0 Å². The lowest BCUT2D eigenvalue weighted by molar-refractivity contribution is 0.112. The third-order valence-corrected chi connectivity index (χ3v) is 3.14. The van der Waals surface area contributed by atoms with Crippen LogP contribution in [-0.4, -0.2) is 32.6 Å². The molecule has 6 heteroatoms. The highest BCUT2D eigenvalue weighted by Gasteiger charge is 2.03. The molecule has 0 atom stereocenters. The standard InChI is InChI=1S/C14H15N5O/c20-10-11-2-3-13-12(8-11)9-18-19(13)7-1-4-15-14-16-5-6-17-14/h2-3,5-6,8-10H,1,4,7H2,(H2,15,16,17). The van der Waals surface area contributed by atoms with Crippen molar-refractivity contribution in [1.82, 2.24) is 19.7 Å². The first kappa shape index (κ1) is 12.4. The quantitative estimate of drug-likeness (QED) is 0.530. The first-order valence-corrected chi connectivity index (χ1v) is 6.51. The Labute approximate surface area is 115 Å². The van der Waals surface area contributed by atoms with Crippen LogP contribution < -0.4 is 5.32 Å². The Morgan fingerprint density at radius 2 is 2.35 bits per heavy atom. The van der Waals surface area contributed by atoms with Crippen molar-refractivity contribution >= 4 is 23.1 Å². The summed E-state index contributed by atoms with van der Waals surface area (Å²) in [6, 6.07) is 5.60. The van der Waals surface area contributed by atoms with E-state index in [9.17, 15) is 4.79 Å². The van der Waals surface area contributed by atoms with Gasteiger partial charge >= 0.3 is 0 Å². The molecule has 6 nitrogen and oxygen atoms in total. The number of carbonyl (C=O) groups excluding carboxylic acids is 1. The maximum absolute atomic E-state index is 10.7. The van der Waals surface area contributed by atoms with E-state index in [0.717, 1.165) is 42.6 Å². The van der Waals surface area contributed by atoms with Gasteiger partial charge in [0.05, 0.1) is 11.7 Å². The predicted molar refractivity (Wildman–Crippen MR) is 76.8 cm³/mol. The third kappa shape index (κ3) is 2.54. The van der Waals surface area contributed by atoms with E-state index in [2.05, 4.69) is 20.4 Å². The van der Waals surface area contributed by atoms with Crippen molar-refractivity contribution in [3.8, 4) is 0 Å². The molecule has 0 aliphatic heterocycles. The number of H-pyrrole nitrogens is 1. The minimum atomic E-state index is 0.677. The fraction of sp³-hybridized carbons (Fsp3) is 0.214. The van der Waals surface area contributed by atoms with Gasteiger partial charge in [0.2, 0.25) is 0 Å². The Balaban J connectivity index is 1.61. The molecule has 0 saturated heterocycles. The number of hydrogen-bond acceptors (Lipinski definition) is 4. The van der Waals surface area contributed by atoms with Crippen molar-refractivity contribution in [2.24, 2.45) is 0 Å². The third-order valence-electron chi connectivity index (χ3n) is 3.14. The lowest BCUT2D eigenvalue weighted by Crippen LogP contribution is -2.08. The first-order chi connectivity index (χ1) is 9.86. The summed E-state index contributed by atoms with van der Waals surface area (Å²) in [4.78, 5) is 17.8. The fourth-order valence-corrected chi connectivity index (χ4v) is 2.15. The van der Waals surface area contributed by atoms with Crippen LogP contribution in [0.2, 0.25) is 0 Å². The summed E-state index contributed by atoms with van der Waals surface area (Å²) in [6.45, 7) is 1.64. The predicted octanol–water partition coefficient (Wildman–Crippen LogP) is 2.07. The number of carbonyl (C=O) groups is 1. The first-order valence-electron chi connectivity index (χ1n) is 6.51. The highest BCUT2D eigenvalue weighted by molar-refractivity contribution is 5.86. The number of fused-ring (bicyclic) bond motifs is 1. The molecular formula is C14H15N5O. The SMILES string of the molecule is O=Cc1ccc2c(cnn2CCCNc2ncc[nH]2)c1. The van der Waals surface area contributed by atoms with Crippen LogP contribution in [0.15, 0.2) is 36.8 Å². The van der Waals surface area contributed by atoms with E-state index in [0.29, 0.717) is 5.56 Å². The molecule has 2 N–H and O–H groups in total. The van der Waals surface area contributed by atoms with Crippen molar-refractivity contribution in [2.45, 2.75) is 13.0 Å². The van der Waals surface area contributed by atoms with Crippen molar-refractivity contribution in [2.75, 3.05) is 11.9 Å². The molecule has 0 bridgehead atoms. The summed E-state index contributed by atoms with van der Waals surface area (Å²) in [6.07, 6.45) is 7.08. The molecule has 0 spiro atoms. The van der Waals surface area contributed by atoms with E-state index in [-0.39, 0.29) is 0 Å². The highest BCUT2D eigenvalue weighted by Crippen LogP contribution is 2.15. The Morgan fingerprint density at radius 3 is 3.15 bits per heavy atom. The number of rotatable bonds is 6. The summed E-state index contributed by atoms with van der Waals surface area (Å²) >= 11 is 0. The average molecular weight is 269 g/mol. The number of aryl methyl sites for hydroxylation is 1. The van der Waals surface area contributed by atoms with Crippen LogP contribution in [0.1, 0.15) is 16.8 Å². The van der Waals surface area contributed by atoms with E-state index in [1.807, 2.05) is 22.9 Å². The topological polar surface area (TPSA) is 75.6 Å². The van der Waals surface area contributed by atoms with Gasteiger partial charge in [-0.2, -0.15) is 5.10 Å².